The van der Waals surface area contributed by atoms with Crippen LogP contribution >= 0.6 is 0 Å². The Bertz CT molecular complexity index is 628. The zero-order chi connectivity index (χ0) is 19.1. The van der Waals surface area contributed by atoms with E-state index >= 15 is 0 Å². The van der Waals surface area contributed by atoms with Crippen molar-refractivity contribution >= 4 is 11.9 Å². The third-order valence-corrected chi connectivity index (χ3v) is 4.85. The van der Waals surface area contributed by atoms with E-state index in [-0.39, 0.29) is 23.7 Å². The van der Waals surface area contributed by atoms with E-state index in [0.29, 0.717) is 6.54 Å². The highest BCUT2D eigenvalue weighted by Crippen LogP contribution is 2.20. The number of carbonyl (C=O) groups excluding carboxylic acids is 1. The van der Waals surface area contributed by atoms with E-state index < -0.39 is 0 Å². The number of nitrogens with zero attached hydrogens (tertiary/aromatic N) is 3. The normalized spacial score (nSPS) is 17.3. The van der Waals surface area contributed by atoms with Gasteiger partial charge in [0, 0.05) is 26.7 Å². The van der Waals surface area contributed by atoms with Gasteiger partial charge in [-0.05, 0) is 44.6 Å². The molecule has 1 aromatic rings. The van der Waals surface area contributed by atoms with Gasteiger partial charge in [0.2, 0.25) is 0 Å². The number of hydrogen-bond acceptors (Lipinski definition) is 4. The maximum absolute atomic E-state index is 13.6. The number of carbonyl (C=O) groups is 1. The third kappa shape index (κ3) is 5.17. The lowest BCUT2D eigenvalue weighted by atomic mass is 9.97. The summed E-state index contributed by atoms with van der Waals surface area (Å²) in [5.74, 6) is 0.405. The van der Waals surface area contributed by atoms with Crippen molar-refractivity contribution in [3.05, 3.63) is 35.6 Å². The topological polar surface area (TPSA) is 57.2 Å². The van der Waals surface area contributed by atoms with Crippen molar-refractivity contribution in [3.63, 3.8) is 0 Å². The number of halogens is 1. The van der Waals surface area contributed by atoms with Gasteiger partial charge in [0.1, 0.15) is 5.82 Å². The van der Waals surface area contributed by atoms with Gasteiger partial charge < -0.3 is 19.9 Å². The van der Waals surface area contributed by atoms with Gasteiger partial charge in [-0.2, -0.15) is 0 Å². The van der Waals surface area contributed by atoms with Crippen LogP contribution in [-0.2, 0) is 9.53 Å². The number of aliphatic imine (C=N–C) groups is 1. The predicted molar refractivity (Wildman–Crippen MR) is 101 cm³/mol. The fraction of sp³-hybridized carbons (Fsp3) is 0.579. The Kier molecular flexibility index (Phi) is 7.38. The fourth-order valence-electron chi connectivity index (χ4n) is 3.33. The Morgan fingerprint density at radius 1 is 1.42 bits per heavy atom. The SMILES string of the molecule is CN=C(NCC(c1cccc(F)c1)N(C)C)N1CCC(C(=O)OC)CC1. The van der Waals surface area contributed by atoms with Crippen molar-refractivity contribution in [2.45, 2.75) is 18.9 Å². The number of esters is 1. The molecule has 144 valence electrons. The minimum Gasteiger partial charge on any atom is -0.469 e. The van der Waals surface area contributed by atoms with Crippen LogP contribution < -0.4 is 5.32 Å². The summed E-state index contributed by atoms with van der Waals surface area (Å²) in [6, 6.07) is 6.70. The van der Waals surface area contributed by atoms with Crippen LogP contribution in [0.1, 0.15) is 24.4 Å². The summed E-state index contributed by atoms with van der Waals surface area (Å²) in [6.45, 7) is 2.12. The van der Waals surface area contributed by atoms with E-state index in [9.17, 15) is 9.18 Å². The molecule has 26 heavy (non-hydrogen) atoms. The Morgan fingerprint density at radius 2 is 2.12 bits per heavy atom. The average Bonchev–Trinajstić information content (AvgIpc) is 2.64. The molecule has 1 aliphatic rings. The van der Waals surface area contributed by atoms with Crippen LogP contribution in [0.25, 0.3) is 0 Å². The number of likely N-dealkylation sites (N-methyl/N-ethyl adjacent to an activating group) is 1. The smallest absolute Gasteiger partial charge is 0.308 e. The highest BCUT2D eigenvalue weighted by molar-refractivity contribution is 5.80. The molecule has 0 saturated carbocycles. The molecule has 0 spiro atoms. The molecule has 1 aromatic carbocycles. The number of rotatable bonds is 5. The van der Waals surface area contributed by atoms with E-state index in [2.05, 4.69) is 20.1 Å². The Morgan fingerprint density at radius 3 is 2.65 bits per heavy atom. The maximum atomic E-state index is 13.6. The lowest BCUT2D eigenvalue weighted by molar-refractivity contribution is -0.146. The van der Waals surface area contributed by atoms with Gasteiger partial charge in [-0.15, -0.1) is 0 Å². The Labute approximate surface area is 155 Å². The lowest BCUT2D eigenvalue weighted by Gasteiger charge is -2.34. The molecule has 7 heteroatoms. The number of methoxy groups -OCH3 is 1. The van der Waals surface area contributed by atoms with E-state index in [1.54, 1.807) is 19.2 Å². The summed E-state index contributed by atoms with van der Waals surface area (Å²) in [4.78, 5) is 20.2. The second-order valence-electron chi connectivity index (χ2n) is 6.75. The molecule has 1 saturated heterocycles. The van der Waals surface area contributed by atoms with Crippen LogP contribution in [0.3, 0.4) is 0 Å². The molecule has 1 aliphatic heterocycles. The van der Waals surface area contributed by atoms with Crippen molar-refractivity contribution in [1.82, 2.24) is 15.1 Å². The first-order chi connectivity index (χ1) is 12.5. The van der Waals surface area contributed by atoms with Crippen LogP contribution in [0.5, 0.6) is 0 Å². The van der Waals surface area contributed by atoms with Gasteiger partial charge in [0.25, 0.3) is 0 Å². The first kappa shape index (κ1) is 20.2. The molecule has 1 atom stereocenters. The molecule has 6 nitrogen and oxygen atoms in total. The zero-order valence-corrected chi connectivity index (χ0v) is 16.0. The van der Waals surface area contributed by atoms with Gasteiger partial charge in [-0.1, -0.05) is 12.1 Å². The molecule has 0 aromatic heterocycles. The van der Waals surface area contributed by atoms with Crippen molar-refractivity contribution in [2.24, 2.45) is 10.9 Å². The second kappa shape index (κ2) is 9.52. The lowest BCUT2D eigenvalue weighted by Crippen LogP contribution is -2.48. The minimum atomic E-state index is -0.233. The number of benzene rings is 1. The van der Waals surface area contributed by atoms with Crippen LogP contribution in [0.4, 0.5) is 4.39 Å². The van der Waals surface area contributed by atoms with Gasteiger partial charge in [-0.25, -0.2) is 4.39 Å². The molecule has 1 N–H and O–H groups in total. The highest BCUT2D eigenvalue weighted by atomic mass is 19.1. The number of ether oxygens (including phenoxy) is 1. The first-order valence-corrected chi connectivity index (χ1v) is 8.91. The Hall–Kier alpha value is -2.15. The number of likely N-dealkylation sites (tertiary alicyclic amines) is 1. The zero-order valence-electron chi connectivity index (χ0n) is 16.0. The Balaban J connectivity index is 1.96. The monoisotopic (exact) mass is 364 g/mol. The highest BCUT2D eigenvalue weighted by Gasteiger charge is 2.27. The van der Waals surface area contributed by atoms with Crippen molar-refractivity contribution in [1.29, 1.82) is 0 Å². The second-order valence-corrected chi connectivity index (χ2v) is 6.75. The summed E-state index contributed by atoms with van der Waals surface area (Å²) in [6.07, 6.45) is 1.52. The number of piperidine rings is 1. The minimum absolute atomic E-state index is 0.0232. The van der Waals surface area contributed by atoms with E-state index in [1.165, 1.54) is 13.2 Å². The molecule has 1 heterocycles. The predicted octanol–water partition coefficient (Wildman–Crippen LogP) is 1.89. The van der Waals surface area contributed by atoms with Crippen LogP contribution in [0.15, 0.2) is 29.3 Å². The van der Waals surface area contributed by atoms with Crippen LogP contribution in [0.2, 0.25) is 0 Å². The van der Waals surface area contributed by atoms with Crippen molar-refractivity contribution in [3.8, 4) is 0 Å². The molecule has 2 rings (SSSR count). The standard InChI is InChI=1S/C19H29FN4O2/c1-21-19(24-10-8-14(9-11-24)18(25)26-4)22-13-17(23(2)3)15-6-5-7-16(20)12-15/h5-7,12,14,17H,8-11,13H2,1-4H3,(H,21,22). The first-order valence-electron chi connectivity index (χ1n) is 8.91. The van der Waals surface area contributed by atoms with Gasteiger partial charge in [-0.3, -0.25) is 9.79 Å². The van der Waals surface area contributed by atoms with Gasteiger partial charge >= 0.3 is 5.97 Å². The number of hydrogen-bond donors (Lipinski definition) is 1. The van der Waals surface area contributed by atoms with E-state index in [4.69, 9.17) is 4.74 Å². The average molecular weight is 364 g/mol. The maximum Gasteiger partial charge on any atom is 0.308 e. The van der Waals surface area contributed by atoms with Crippen molar-refractivity contribution in [2.75, 3.05) is 47.9 Å². The molecule has 0 bridgehead atoms. The number of guanidine groups is 1. The summed E-state index contributed by atoms with van der Waals surface area (Å²) >= 11 is 0. The van der Waals surface area contributed by atoms with Crippen LogP contribution in [-0.4, -0.2) is 69.6 Å². The summed E-state index contributed by atoms with van der Waals surface area (Å²) in [7, 11) is 7.13. The number of nitrogens with one attached hydrogen (secondary N) is 1. The van der Waals surface area contributed by atoms with E-state index in [0.717, 1.165) is 37.5 Å². The molecule has 0 radical (unpaired) electrons. The molecule has 0 amide bonds. The summed E-state index contributed by atoms with van der Waals surface area (Å²) < 4.78 is 18.4. The largest absolute Gasteiger partial charge is 0.469 e. The molecular weight excluding hydrogens is 335 g/mol. The fourth-order valence-corrected chi connectivity index (χ4v) is 3.33. The summed E-state index contributed by atoms with van der Waals surface area (Å²) in [5, 5.41) is 3.39. The molecule has 0 aliphatic carbocycles. The molecular formula is C19H29FN4O2. The third-order valence-electron chi connectivity index (χ3n) is 4.85. The van der Waals surface area contributed by atoms with Gasteiger partial charge in [0.05, 0.1) is 19.1 Å². The quantitative estimate of drug-likeness (QED) is 0.491. The summed E-state index contributed by atoms with van der Waals surface area (Å²) in [5.41, 5.74) is 0.919. The van der Waals surface area contributed by atoms with E-state index in [1.807, 2.05) is 20.2 Å². The van der Waals surface area contributed by atoms with Crippen molar-refractivity contribution < 1.29 is 13.9 Å². The molecule has 1 unspecified atom stereocenters. The van der Waals surface area contributed by atoms with Crippen LogP contribution in [0, 0.1) is 11.7 Å². The molecule has 1 fully saturated rings. The van der Waals surface area contributed by atoms with Gasteiger partial charge in [0.15, 0.2) is 5.96 Å².